The van der Waals surface area contributed by atoms with Crippen molar-refractivity contribution in [3.63, 3.8) is 0 Å². The number of halogens is 1. The number of fused-ring (bicyclic) bond motifs is 1. The molecule has 0 radical (unpaired) electrons. The summed E-state index contributed by atoms with van der Waals surface area (Å²) in [5, 5.41) is 25.3. The molecule has 7 nitrogen and oxygen atoms in total. The summed E-state index contributed by atoms with van der Waals surface area (Å²) < 4.78 is 10.9. The highest BCUT2D eigenvalue weighted by atomic mass is 35.5. The van der Waals surface area contributed by atoms with Crippen molar-refractivity contribution >= 4 is 17.6 Å². The molecule has 3 rings (SSSR count). The van der Waals surface area contributed by atoms with E-state index in [0.29, 0.717) is 24.7 Å². The van der Waals surface area contributed by atoms with Crippen molar-refractivity contribution in [3.8, 4) is 28.5 Å². The molecule has 1 aliphatic heterocycles. The van der Waals surface area contributed by atoms with E-state index in [1.165, 1.54) is 12.1 Å². The van der Waals surface area contributed by atoms with Crippen LogP contribution in [0.25, 0.3) is 11.3 Å². The van der Waals surface area contributed by atoms with Crippen LogP contribution < -0.4 is 9.47 Å². The first-order valence-electron chi connectivity index (χ1n) is 5.68. The van der Waals surface area contributed by atoms with Gasteiger partial charge in [0.15, 0.2) is 11.5 Å². The topological polar surface area (TPSA) is 105 Å². The normalized spacial score (nSPS) is 13.2. The van der Waals surface area contributed by atoms with E-state index in [0.717, 1.165) is 0 Å². The lowest BCUT2D eigenvalue weighted by Crippen LogP contribution is -2.16. The Kier molecular flexibility index (Phi) is 2.90. The molecule has 20 heavy (non-hydrogen) atoms. The van der Waals surface area contributed by atoms with Gasteiger partial charge in [0.05, 0.1) is 10.6 Å². The number of ether oxygens (including phenoxy) is 2. The number of carbonyl (C=O) groups is 1. The van der Waals surface area contributed by atoms with Crippen LogP contribution in [0.5, 0.6) is 17.2 Å². The summed E-state index contributed by atoms with van der Waals surface area (Å²) in [6.07, 6.45) is 0. The number of nitrogens with zero attached hydrogens (tertiary/aromatic N) is 1. The molecule has 0 saturated carbocycles. The Labute approximate surface area is 117 Å². The fraction of sp³-hybridized carbons (Fsp3) is 0.167. The summed E-state index contributed by atoms with van der Waals surface area (Å²) in [6, 6.07) is 2.73. The van der Waals surface area contributed by atoms with Crippen molar-refractivity contribution in [1.29, 1.82) is 0 Å². The van der Waals surface area contributed by atoms with Crippen LogP contribution >= 0.6 is 11.6 Å². The van der Waals surface area contributed by atoms with Crippen molar-refractivity contribution < 1.29 is 24.5 Å². The van der Waals surface area contributed by atoms with Crippen LogP contribution in [0.3, 0.4) is 0 Å². The van der Waals surface area contributed by atoms with Gasteiger partial charge in [0, 0.05) is 6.07 Å². The maximum atomic E-state index is 10.9. The maximum Gasteiger partial charge on any atom is 0.353 e. The lowest BCUT2D eigenvalue weighted by Gasteiger charge is -2.21. The SMILES string of the molecule is O=C(O)c1cc(-c2c(O)c(Cl)cc3c2OCCO3)n[nH]1. The van der Waals surface area contributed by atoms with Gasteiger partial charge in [-0.1, -0.05) is 11.6 Å². The molecule has 2 heterocycles. The Bertz CT molecular complexity index is 697. The predicted octanol–water partition coefficient (Wildman–Crippen LogP) is 1.91. The van der Waals surface area contributed by atoms with Crippen LogP contribution in [0.15, 0.2) is 12.1 Å². The molecule has 1 aromatic heterocycles. The van der Waals surface area contributed by atoms with E-state index < -0.39 is 5.97 Å². The summed E-state index contributed by atoms with van der Waals surface area (Å²) in [6.45, 7) is 0.686. The largest absolute Gasteiger partial charge is 0.506 e. The third-order valence-electron chi connectivity index (χ3n) is 2.82. The Morgan fingerprint density at radius 3 is 2.80 bits per heavy atom. The molecule has 3 N–H and O–H groups in total. The molecule has 0 aliphatic carbocycles. The van der Waals surface area contributed by atoms with Crippen LogP contribution in [0.2, 0.25) is 5.02 Å². The molecular weight excluding hydrogens is 288 g/mol. The van der Waals surface area contributed by atoms with Gasteiger partial charge >= 0.3 is 5.97 Å². The Morgan fingerprint density at radius 2 is 2.10 bits per heavy atom. The molecule has 0 fully saturated rings. The molecule has 104 valence electrons. The zero-order valence-electron chi connectivity index (χ0n) is 10.0. The number of aromatic amines is 1. The fourth-order valence-corrected chi connectivity index (χ4v) is 2.14. The molecule has 1 aromatic carbocycles. The lowest BCUT2D eigenvalue weighted by molar-refractivity contribution is 0.0690. The fourth-order valence-electron chi connectivity index (χ4n) is 1.94. The number of aromatic hydroxyl groups is 1. The first-order valence-corrected chi connectivity index (χ1v) is 6.06. The summed E-state index contributed by atoms with van der Waals surface area (Å²) in [7, 11) is 0. The number of H-pyrrole nitrogens is 1. The van der Waals surface area contributed by atoms with Gasteiger partial charge in [-0.15, -0.1) is 0 Å². The van der Waals surface area contributed by atoms with E-state index in [2.05, 4.69) is 10.2 Å². The van der Waals surface area contributed by atoms with E-state index >= 15 is 0 Å². The second-order valence-electron chi connectivity index (χ2n) is 4.08. The van der Waals surface area contributed by atoms with Gasteiger partial charge in [-0.25, -0.2) is 4.79 Å². The highest BCUT2D eigenvalue weighted by Gasteiger charge is 2.25. The zero-order valence-corrected chi connectivity index (χ0v) is 10.8. The summed E-state index contributed by atoms with van der Waals surface area (Å²) in [5.74, 6) is -0.717. The van der Waals surface area contributed by atoms with Crippen LogP contribution in [0.4, 0.5) is 0 Å². The lowest BCUT2D eigenvalue weighted by atomic mass is 10.1. The molecule has 0 saturated heterocycles. The smallest absolute Gasteiger partial charge is 0.353 e. The standard InChI is InChI=1S/C12H9ClN2O5/c13-5-3-8-11(20-2-1-19-8)9(10(5)16)6-4-7(12(17)18)15-14-6/h3-4,16H,1-2H2,(H,14,15)(H,17,18). The van der Waals surface area contributed by atoms with Crippen molar-refractivity contribution in [2.24, 2.45) is 0 Å². The number of aromatic carboxylic acids is 1. The third-order valence-corrected chi connectivity index (χ3v) is 3.11. The van der Waals surface area contributed by atoms with Gasteiger partial charge in [-0.3, -0.25) is 5.10 Å². The number of phenolic OH excluding ortho intramolecular Hbond substituents is 1. The minimum absolute atomic E-state index is 0.0733. The Balaban J connectivity index is 2.20. The number of aromatic nitrogens is 2. The molecule has 0 unspecified atom stereocenters. The number of rotatable bonds is 2. The van der Waals surface area contributed by atoms with Crippen molar-refractivity contribution in [1.82, 2.24) is 10.2 Å². The first-order chi connectivity index (χ1) is 9.58. The first kappa shape index (κ1) is 12.6. The van der Waals surface area contributed by atoms with E-state index in [1.807, 2.05) is 0 Å². The van der Waals surface area contributed by atoms with E-state index in [-0.39, 0.29) is 27.7 Å². The van der Waals surface area contributed by atoms with Gasteiger partial charge < -0.3 is 19.7 Å². The summed E-state index contributed by atoms with van der Waals surface area (Å²) >= 11 is 5.93. The quantitative estimate of drug-likeness (QED) is 0.782. The molecule has 0 spiro atoms. The third kappa shape index (κ3) is 1.92. The number of phenols is 1. The van der Waals surface area contributed by atoms with Crippen molar-refractivity contribution in [2.45, 2.75) is 0 Å². The Hall–Kier alpha value is -2.41. The monoisotopic (exact) mass is 296 g/mol. The molecule has 2 aromatic rings. The molecule has 0 bridgehead atoms. The van der Waals surface area contributed by atoms with Crippen LogP contribution in [0.1, 0.15) is 10.5 Å². The highest BCUT2D eigenvalue weighted by molar-refractivity contribution is 6.32. The number of hydrogen-bond acceptors (Lipinski definition) is 5. The average Bonchev–Trinajstić information content (AvgIpc) is 2.90. The zero-order chi connectivity index (χ0) is 14.3. The maximum absolute atomic E-state index is 10.9. The number of benzene rings is 1. The number of nitrogens with one attached hydrogen (secondary N) is 1. The summed E-state index contributed by atoms with van der Waals surface area (Å²) in [4.78, 5) is 10.9. The average molecular weight is 297 g/mol. The second kappa shape index (κ2) is 4.61. The number of hydrogen-bond donors (Lipinski definition) is 3. The Morgan fingerprint density at radius 1 is 1.35 bits per heavy atom. The van der Waals surface area contributed by atoms with Crippen LogP contribution in [0, 0.1) is 0 Å². The number of carboxylic acid groups (broad SMARTS) is 1. The molecule has 0 atom stereocenters. The number of carboxylic acids is 1. The van der Waals surface area contributed by atoms with E-state index in [4.69, 9.17) is 26.2 Å². The van der Waals surface area contributed by atoms with Gasteiger partial charge in [-0.2, -0.15) is 5.10 Å². The van der Waals surface area contributed by atoms with Crippen LogP contribution in [-0.4, -0.2) is 39.6 Å². The van der Waals surface area contributed by atoms with Gasteiger partial charge in [0.1, 0.15) is 30.4 Å². The van der Waals surface area contributed by atoms with Crippen molar-refractivity contribution in [2.75, 3.05) is 13.2 Å². The van der Waals surface area contributed by atoms with Gasteiger partial charge in [0.2, 0.25) is 0 Å². The van der Waals surface area contributed by atoms with Crippen molar-refractivity contribution in [3.05, 3.63) is 22.8 Å². The van der Waals surface area contributed by atoms with E-state index in [1.54, 1.807) is 0 Å². The molecule has 1 aliphatic rings. The van der Waals surface area contributed by atoms with Gasteiger partial charge in [-0.05, 0) is 6.07 Å². The highest BCUT2D eigenvalue weighted by Crippen LogP contribution is 2.48. The van der Waals surface area contributed by atoms with E-state index in [9.17, 15) is 9.90 Å². The van der Waals surface area contributed by atoms with Gasteiger partial charge in [0.25, 0.3) is 0 Å². The minimum atomic E-state index is -1.16. The molecular formula is C12H9ClN2O5. The molecule has 8 heteroatoms. The predicted molar refractivity (Wildman–Crippen MR) is 68.6 cm³/mol. The minimum Gasteiger partial charge on any atom is -0.506 e. The second-order valence-corrected chi connectivity index (χ2v) is 4.49. The summed E-state index contributed by atoms with van der Waals surface area (Å²) in [5.41, 5.74) is 0.310. The van der Waals surface area contributed by atoms with Crippen LogP contribution in [-0.2, 0) is 0 Å². The molecule has 0 amide bonds.